The third-order valence-electron chi connectivity index (χ3n) is 7.99. The van der Waals surface area contributed by atoms with Gasteiger partial charge in [-0.1, -0.05) is 12.1 Å². The van der Waals surface area contributed by atoms with Crippen LogP contribution in [0.1, 0.15) is 10.4 Å². The molecule has 340 valence electrons. The zero-order valence-corrected chi connectivity index (χ0v) is 37.2. The SMILES string of the molecule is COC(=O)c1c(N=Nc2ccc(S(=O)(=O)CCOS(=O)(=O)OC)cc2)c(N)c(N=Nc2ccc(S(=O)(=O)CCOS(=O)(=O)OC)cc2)c(N)c1N=Nc1ccccc1S(=O)(=O)OC. The number of hydrogen-bond donors (Lipinski definition) is 2. The largest absolute Gasteiger partial charge is 0.465 e. The number of methoxy groups -OCH3 is 1. The number of nitrogens with zero attached hydrogens (tertiary/aromatic N) is 6. The molecule has 0 bridgehead atoms. The number of hydrogen-bond acceptors (Lipinski definition) is 25. The molecule has 4 N–H and O–H groups in total. The van der Waals surface area contributed by atoms with E-state index in [1.54, 1.807) is 0 Å². The number of nitrogen functional groups attached to an aromatic ring is 2. The summed E-state index contributed by atoms with van der Waals surface area (Å²) in [7, 11) is -17.6. The van der Waals surface area contributed by atoms with Gasteiger partial charge in [-0.15, -0.1) is 20.5 Å². The third kappa shape index (κ3) is 12.9. The minimum absolute atomic E-state index is 0.00817. The fourth-order valence-electron chi connectivity index (χ4n) is 4.79. The van der Waals surface area contributed by atoms with Gasteiger partial charge in [-0.3, -0.25) is 12.5 Å². The van der Waals surface area contributed by atoms with Crippen LogP contribution in [0.5, 0.6) is 0 Å². The van der Waals surface area contributed by atoms with Gasteiger partial charge in [0.2, 0.25) is 0 Å². The van der Waals surface area contributed by atoms with Gasteiger partial charge in [0.25, 0.3) is 10.1 Å². The van der Waals surface area contributed by atoms with E-state index in [2.05, 4.69) is 51.6 Å². The van der Waals surface area contributed by atoms with Crippen molar-refractivity contribution in [3.05, 3.63) is 78.4 Å². The van der Waals surface area contributed by atoms with E-state index >= 15 is 0 Å². The number of benzene rings is 4. The summed E-state index contributed by atoms with van der Waals surface area (Å²) >= 11 is 0. The number of sulfone groups is 2. The van der Waals surface area contributed by atoms with Crippen LogP contribution in [0.3, 0.4) is 0 Å². The predicted molar refractivity (Wildman–Crippen MR) is 221 cm³/mol. The highest BCUT2D eigenvalue weighted by Gasteiger charge is 2.28. The zero-order chi connectivity index (χ0) is 46.8. The molecule has 0 amide bonds. The molecule has 0 radical (unpaired) electrons. The second kappa shape index (κ2) is 20.7. The molecule has 63 heavy (non-hydrogen) atoms. The lowest BCUT2D eigenvalue weighted by molar-refractivity contribution is 0.0602. The van der Waals surface area contributed by atoms with Crippen molar-refractivity contribution in [1.29, 1.82) is 0 Å². The molecule has 0 fully saturated rings. The van der Waals surface area contributed by atoms with Gasteiger partial charge in [-0.05, 0) is 60.7 Å². The summed E-state index contributed by atoms with van der Waals surface area (Å²) in [5, 5.41) is 24.4. The highest BCUT2D eigenvalue weighted by molar-refractivity contribution is 7.91. The predicted octanol–water partition coefficient (Wildman–Crippen LogP) is 4.58. The fourth-order valence-corrected chi connectivity index (χ4v) is 8.73. The number of azo groups is 3. The first-order chi connectivity index (χ1) is 29.5. The van der Waals surface area contributed by atoms with Crippen LogP contribution < -0.4 is 11.5 Å². The lowest BCUT2D eigenvalue weighted by atomic mass is 10.1. The summed E-state index contributed by atoms with van der Waals surface area (Å²) in [4.78, 5) is 12.5. The molecule has 4 aromatic rings. The Morgan fingerprint density at radius 1 is 0.524 bits per heavy atom. The molecule has 4 aromatic carbocycles. The molecule has 0 atom stereocenters. The van der Waals surface area contributed by atoms with E-state index in [4.69, 9.17) is 16.2 Å². The molecule has 4 rings (SSSR count). The van der Waals surface area contributed by atoms with Crippen molar-refractivity contribution in [2.24, 2.45) is 30.7 Å². The minimum atomic E-state index is -4.39. The van der Waals surface area contributed by atoms with Gasteiger partial charge in [-0.2, -0.15) is 35.5 Å². The zero-order valence-electron chi connectivity index (χ0n) is 33.1. The van der Waals surface area contributed by atoms with E-state index in [0.29, 0.717) is 0 Å². The smallest absolute Gasteiger partial charge is 0.399 e. The maximum absolute atomic E-state index is 13.4. The van der Waals surface area contributed by atoms with Gasteiger partial charge < -0.3 is 16.2 Å². The molecule has 30 heteroatoms. The number of nitrogens with two attached hydrogens (primary N) is 2. The number of rotatable bonds is 21. The standard InChI is InChI=1S/C33H36N8O17S5/c1-53-33(42)27-30(39-36-21-9-13-23(14-10-21)59(43,44)19-17-57-62(49,50)55-3)28(34)32(29(35)31(27)40-38-25-7-5-6-8-26(25)61(47,48)54-2)41-37-22-11-15-24(16-12-22)60(45,46)20-18-58-63(51,52)56-4/h5-16H,17-20,34-35H2,1-4H3. The molecule has 0 aliphatic rings. The van der Waals surface area contributed by atoms with Crippen LogP contribution in [0.15, 0.2) is 118 Å². The number of anilines is 2. The summed E-state index contributed by atoms with van der Waals surface area (Å²) in [5.41, 5.74) is 9.84. The van der Waals surface area contributed by atoms with Crippen molar-refractivity contribution in [2.75, 3.05) is 64.6 Å². The molecule has 0 aliphatic heterocycles. The molecular formula is C33H36N8O17S5. The number of ether oxygens (including phenoxy) is 1. The molecule has 0 spiro atoms. The number of carbonyl (C=O) groups excluding carboxylic acids is 1. The third-order valence-corrected chi connectivity index (χ3v) is 14.4. The molecular weight excluding hydrogens is 941 g/mol. The first kappa shape index (κ1) is 50.0. The van der Waals surface area contributed by atoms with Crippen molar-refractivity contribution in [3.8, 4) is 0 Å². The minimum Gasteiger partial charge on any atom is -0.465 e. The monoisotopic (exact) mass is 976 g/mol. The van der Waals surface area contributed by atoms with E-state index in [1.165, 1.54) is 48.5 Å². The van der Waals surface area contributed by atoms with Gasteiger partial charge in [0.15, 0.2) is 19.7 Å². The van der Waals surface area contributed by atoms with E-state index in [0.717, 1.165) is 52.7 Å². The van der Waals surface area contributed by atoms with Crippen LogP contribution in [0.2, 0.25) is 0 Å². The molecule has 0 saturated heterocycles. The van der Waals surface area contributed by atoms with Crippen LogP contribution in [-0.2, 0) is 76.2 Å². The van der Waals surface area contributed by atoms with Crippen LogP contribution in [0.4, 0.5) is 45.5 Å². The second-order valence-corrected chi connectivity index (χ2v) is 20.5. The van der Waals surface area contributed by atoms with Gasteiger partial charge >= 0.3 is 26.8 Å². The van der Waals surface area contributed by atoms with Gasteiger partial charge in [0, 0.05) is 0 Å². The Kier molecular flexibility index (Phi) is 16.4. The summed E-state index contributed by atoms with van der Waals surface area (Å²) < 4.78 is 149. The van der Waals surface area contributed by atoms with Crippen LogP contribution in [0.25, 0.3) is 0 Å². The van der Waals surface area contributed by atoms with E-state index < -0.39 is 120 Å². The number of carbonyl (C=O) groups is 1. The quantitative estimate of drug-likeness (QED) is 0.0499. The summed E-state index contributed by atoms with van der Waals surface area (Å²) in [6, 6.07) is 14.7. The molecule has 0 heterocycles. The molecule has 0 aliphatic carbocycles. The molecule has 0 saturated carbocycles. The van der Waals surface area contributed by atoms with E-state index in [9.17, 15) is 46.9 Å². The van der Waals surface area contributed by atoms with Gasteiger partial charge in [0.1, 0.15) is 33.2 Å². The Morgan fingerprint density at radius 3 is 1.35 bits per heavy atom. The van der Waals surface area contributed by atoms with Crippen molar-refractivity contribution < 1.29 is 72.5 Å². The van der Waals surface area contributed by atoms with Crippen molar-refractivity contribution in [3.63, 3.8) is 0 Å². The average Bonchev–Trinajstić information content (AvgIpc) is 3.25. The highest BCUT2D eigenvalue weighted by atomic mass is 32.3. The Balaban J connectivity index is 1.82. The Hall–Kier alpha value is -5.70. The Morgan fingerprint density at radius 2 is 0.937 bits per heavy atom. The normalized spacial score (nSPS) is 13.0. The van der Waals surface area contributed by atoms with Crippen LogP contribution >= 0.6 is 0 Å². The summed E-state index contributed by atoms with van der Waals surface area (Å²) in [5.74, 6) is -2.60. The maximum atomic E-state index is 13.4. The average molecular weight is 977 g/mol. The maximum Gasteiger partial charge on any atom is 0.399 e. The van der Waals surface area contributed by atoms with Gasteiger partial charge in [-0.25, -0.2) is 30.0 Å². The summed E-state index contributed by atoms with van der Waals surface area (Å²) in [6.07, 6.45) is 0. The molecule has 25 nitrogen and oxygen atoms in total. The molecule has 0 unspecified atom stereocenters. The molecule has 0 aromatic heterocycles. The Bertz CT molecular complexity index is 3000. The fraction of sp³-hybridized carbons (Fsp3) is 0.242. The second-order valence-electron chi connectivity index (χ2n) is 11.8. The van der Waals surface area contributed by atoms with Gasteiger partial charge in [0.05, 0.1) is 85.7 Å². The summed E-state index contributed by atoms with van der Waals surface area (Å²) in [6.45, 7) is -1.48. The number of esters is 1. The first-order valence-electron chi connectivity index (χ1n) is 17.0. The van der Waals surface area contributed by atoms with Crippen molar-refractivity contribution in [1.82, 2.24) is 0 Å². The lowest BCUT2D eigenvalue weighted by Gasteiger charge is -2.14. The lowest BCUT2D eigenvalue weighted by Crippen LogP contribution is -2.16. The highest BCUT2D eigenvalue weighted by Crippen LogP contribution is 2.49. The van der Waals surface area contributed by atoms with Crippen LogP contribution in [-0.4, -0.2) is 101 Å². The van der Waals surface area contributed by atoms with Crippen LogP contribution in [0, 0.1) is 0 Å². The van der Waals surface area contributed by atoms with Crippen molar-refractivity contribution in [2.45, 2.75) is 14.7 Å². The first-order valence-corrected chi connectivity index (χ1v) is 24.4. The topological polar surface area (TPSA) is 369 Å². The van der Waals surface area contributed by atoms with E-state index in [-0.39, 0.29) is 26.9 Å². The van der Waals surface area contributed by atoms with Crippen molar-refractivity contribution >= 4 is 102 Å². The Labute approximate surface area is 361 Å². The van der Waals surface area contributed by atoms with E-state index in [1.807, 2.05) is 0 Å².